The van der Waals surface area contributed by atoms with Gasteiger partial charge in [-0.2, -0.15) is 13.2 Å². The highest BCUT2D eigenvalue weighted by Crippen LogP contribution is 2.19. The van der Waals surface area contributed by atoms with Crippen molar-refractivity contribution in [1.29, 1.82) is 0 Å². The fraction of sp³-hybridized carbons (Fsp3) is 0.333. The number of carboxylic acid groups (broad SMARTS) is 1. The predicted molar refractivity (Wildman–Crippen MR) is 50.4 cm³/mol. The van der Waals surface area contributed by atoms with Gasteiger partial charge in [0.1, 0.15) is 5.82 Å². The summed E-state index contributed by atoms with van der Waals surface area (Å²) in [7, 11) is 0. The summed E-state index contributed by atoms with van der Waals surface area (Å²) in [5.74, 6) is -0.913. The Morgan fingerprint density at radius 2 is 2.12 bits per heavy atom. The van der Waals surface area contributed by atoms with Crippen molar-refractivity contribution in [3.63, 3.8) is 0 Å². The van der Waals surface area contributed by atoms with Crippen molar-refractivity contribution in [2.75, 3.05) is 11.9 Å². The molecule has 7 heteroatoms. The molecule has 0 aromatic carbocycles. The maximum absolute atomic E-state index is 11.8. The molecule has 0 amide bonds. The lowest BCUT2D eigenvalue weighted by atomic mass is 10.3. The van der Waals surface area contributed by atoms with Gasteiger partial charge in [-0.15, -0.1) is 0 Å². The highest BCUT2D eigenvalue weighted by Gasteiger charge is 2.26. The molecule has 1 aromatic heterocycles. The summed E-state index contributed by atoms with van der Waals surface area (Å²) in [6.07, 6.45) is -4.10. The van der Waals surface area contributed by atoms with Crippen LogP contribution in [0.5, 0.6) is 0 Å². The van der Waals surface area contributed by atoms with Crippen LogP contribution < -0.4 is 5.32 Å². The molecule has 88 valence electrons. The maximum Gasteiger partial charge on any atom is 0.390 e. The monoisotopic (exact) mass is 234 g/mol. The SMILES string of the molecule is O=C(O)c1ccc(NCCC(F)(F)F)nc1. The van der Waals surface area contributed by atoms with Crippen molar-refractivity contribution in [3.05, 3.63) is 23.9 Å². The van der Waals surface area contributed by atoms with Crippen LogP contribution in [0.2, 0.25) is 0 Å². The van der Waals surface area contributed by atoms with Crippen molar-refractivity contribution in [2.45, 2.75) is 12.6 Å². The number of halogens is 3. The average Bonchev–Trinajstić information content (AvgIpc) is 2.16. The molecule has 0 radical (unpaired) electrons. The van der Waals surface area contributed by atoms with Gasteiger partial charge in [0.15, 0.2) is 0 Å². The fourth-order valence-electron chi connectivity index (χ4n) is 0.957. The molecule has 1 rings (SSSR count). The van der Waals surface area contributed by atoms with Crippen LogP contribution in [-0.2, 0) is 0 Å². The lowest BCUT2D eigenvalue weighted by Gasteiger charge is -2.07. The van der Waals surface area contributed by atoms with Crippen LogP contribution in [0.1, 0.15) is 16.8 Å². The summed E-state index contributed by atoms with van der Waals surface area (Å²) in [5.41, 5.74) is -0.0126. The lowest BCUT2D eigenvalue weighted by molar-refractivity contribution is -0.131. The molecular weight excluding hydrogens is 225 g/mol. The fourth-order valence-corrected chi connectivity index (χ4v) is 0.957. The van der Waals surface area contributed by atoms with Gasteiger partial charge in [-0.3, -0.25) is 0 Å². The quantitative estimate of drug-likeness (QED) is 0.837. The first-order valence-electron chi connectivity index (χ1n) is 4.38. The molecule has 1 heterocycles. The van der Waals surface area contributed by atoms with E-state index >= 15 is 0 Å². The minimum Gasteiger partial charge on any atom is -0.478 e. The van der Waals surface area contributed by atoms with Gasteiger partial charge in [0.2, 0.25) is 0 Å². The van der Waals surface area contributed by atoms with Crippen molar-refractivity contribution >= 4 is 11.8 Å². The zero-order valence-corrected chi connectivity index (χ0v) is 8.08. The molecular formula is C9H9F3N2O2. The van der Waals surface area contributed by atoms with E-state index in [0.717, 1.165) is 6.20 Å². The summed E-state index contributed by atoms with van der Waals surface area (Å²) in [5, 5.41) is 11.0. The summed E-state index contributed by atoms with van der Waals surface area (Å²) < 4.78 is 35.4. The summed E-state index contributed by atoms with van der Waals surface area (Å²) in [4.78, 5) is 14.1. The first kappa shape index (κ1) is 12.3. The number of alkyl halides is 3. The molecule has 0 aliphatic carbocycles. The van der Waals surface area contributed by atoms with Crippen molar-refractivity contribution < 1.29 is 23.1 Å². The number of anilines is 1. The minimum absolute atomic E-state index is 0.0126. The number of nitrogens with zero attached hydrogens (tertiary/aromatic N) is 1. The molecule has 2 N–H and O–H groups in total. The first-order chi connectivity index (χ1) is 7.38. The molecule has 0 unspecified atom stereocenters. The lowest BCUT2D eigenvalue weighted by Crippen LogP contribution is -2.15. The summed E-state index contributed by atoms with van der Waals surface area (Å²) in [6, 6.07) is 2.59. The second-order valence-corrected chi connectivity index (χ2v) is 3.03. The molecule has 16 heavy (non-hydrogen) atoms. The third-order valence-corrected chi connectivity index (χ3v) is 1.73. The van der Waals surface area contributed by atoms with Crippen molar-refractivity contribution in [1.82, 2.24) is 4.98 Å². The van der Waals surface area contributed by atoms with Gasteiger partial charge in [0.05, 0.1) is 12.0 Å². The van der Waals surface area contributed by atoms with Crippen LogP contribution >= 0.6 is 0 Å². The van der Waals surface area contributed by atoms with E-state index in [0.29, 0.717) is 0 Å². The Balaban J connectivity index is 2.47. The van der Waals surface area contributed by atoms with E-state index in [9.17, 15) is 18.0 Å². The van der Waals surface area contributed by atoms with E-state index < -0.39 is 18.6 Å². The highest BCUT2D eigenvalue weighted by atomic mass is 19.4. The van der Waals surface area contributed by atoms with Gasteiger partial charge < -0.3 is 10.4 Å². The van der Waals surface area contributed by atoms with Gasteiger partial charge in [-0.1, -0.05) is 0 Å². The van der Waals surface area contributed by atoms with Crippen LogP contribution in [-0.4, -0.2) is 28.8 Å². The smallest absolute Gasteiger partial charge is 0.390 e. The molecule has 0 saturated heterocycles. The number of nitrogens with one attached hydrogen (secondary N) is 1. The van der Waals surface area contributed by atoms with Crippen LogP contribution in [0, 0.1) is 0 Å². The molecule has 0 bridgehead atoms. The zero-order valence-electron chi connectivity index (χ0n) is 8.08. The standard InChI is InChI=1S/C9H9F3N2O2/c10-9(11,12)3-4-13-7-2-1-6(5-14-7)8(15)16/h1-2,5H,3-4H2,(H,13,14)(H,15,16). The van der Waals surface area contributed by atoms with Gasteiger partial charge in [-0.25, -0.2) is 9.78 Å². The summed E-state index contributed by atoms with van der Waals surface area (Å²) in [6.45, 7) is -0.289. The number of aromatic carboxylic acids is 1. The summed E-state index contributed by atoms with van der Waals surface area (Å²) >= 11 is 0. The Morgan fingerprint density at radius 3 is 2.56 bits per heavy atom. The van der Waals surface area contributed by atoms with Crippen molar-refractivity contribution in [2.24, 2.45) is 0 Å². The number of carboxylic acids is 1. The van der Waals surface area contributed by atoms with Gasteiger partial charge in [-0.05, 0) is 12.1 Å². The number of pyridine rings is 1. The van der Waals surface area contributed by atoms with Crippen molar-refractivity contribution in [3.8, 4) is 0 Å². The van der Waals surface area contributed by atoms with Crippen LogP contribution in [0.3, 0.4) is 0 Å². The number of hydrogen-bond acceptors (Lipinski definition) is 3. The van der Waals surface area contributed by atoms with E-state index in [1.807, 2.05) is 0 Å². The number of aromatic nitrogens is 1. The molecule has 4 nitrogen and oxygen atoms in total. The van der Waals surface area contributed by atoms with Gasteiger partial charge in [0, 0.05) is 12.7 Å². The van der Waals surface area contributed by atoms with E-state index in [-0.39, 0.29) is 17.9 Å². The topological polar surface area (TPSA) is 62.2 Å². The van der Waals surface area contributed by atoms with E-state index in [1.54, 1.807) is 0 Å². The minimum atomic E-state index is -4.21. The highest BCUT2D eigenvalue weighted by molar-refractivity contribution is 5.87. The first-order valence-corrected chi connectivity index (χ1v) is 4.38. The second-order valence-electron chi connectivity index (χ2n) is 3.03. The zero-order chi connectivity index (χ0) is 12.2. The molecule has 0 spiro atoms. The van der Waals surface area contributed by atoms with E-state index in [1.165, 1.54) is 12.1 Å². The Hall–Kier alpha value is -1.79. The Bertz CT molecular complexity index is 362. The Morgan fingerprint density at radius 1 is 1.44 bits per heavy atom. The largest absolute Gasteiger partial charge is 0.478 e. The van der Waals surface area contributed by atoms with Gasteiger partial charge in [0.25, 0.3) is 0 Å². The molecule has 0 aliphatic heterocycles. The number of rotatable bonds is 4. The Kier molecular flexibility index (Phi) is 3.70. The molecule has 0 fully saturated rings. The third kappa shape index (κ3) is 4.16. The normalized spacial score (nSPS) is 11.2. The van der Waals surface area contributed by atoms with Crippen LogP contribution in [0.15, 0.2) is 18.3 Å². The molecule has 0 atom stereocenters. The second kappa shape index (κ2) is 4.82. The number of carbonyl (C=O) groups is 1. The predicted octanol–water partition coefficient (Wildman–Crippen LogP) is 2.14. The van der Waals surface area contributed by atoms with Gasteiger partial charge >= 0.3 is 12.1 Å². The van der Waals surface area contributed by atoms with Crippen LogP contribution in [0.25, 0.3) is 0 Å². The number of hydrogen-bond donors (Lipinski definition) is 2. The van der Waals surface area contributed by atoms with E-state index in [2.05, 4.69) is 10.3 Å². The Labute approximate surface area is 89.1 Å². The van der Waals surface area contributed by atoms with Crippen LogP contribution in [0.4, 0.5) is 19.0 Å². The third-order valence-electron chi connectivity index (χ3n) is 1.73. The molecule has 0 saturated carbocycles. The maximum atomic E-state index is 11.8. The average molecular weight is 234 g/mol. The van der Waals surface area contributed by atoms with E-state index in [4.69, 9.17) is 5.11 Å². The molecule has 1 aromatic rings. The molecule has 0 aliphatic rings.